The molecule has 0 saturated carbocycles. The second-order valence-corrected chi connectivity index (χ2v) is 5.70. The van der Waals surface area contributed by atoms with E-state index in [0.717, 1.165) is 22.7 Å². The van der Waals surface area contributed by atoms with Crippen molar-refractivity contribution in [1.82, 2.24) is 20.0 Å². The second-order valence-electron chi connectivity index (χ2n) is 5.70. The van der Waals surface area contributed by atoms with Crippen molar-refractivity contribution in [3.63, 3.8) is 0 Å². The van der Waals surface area contributed by atoms with Crippen LogP contribution in [0.15, 0.2) is 24.3 Å². The number of carbonyl (C=O) groups excluding carboxylic acids is 1. The lowest BCUT2D eigenvalue weighted by molar-refractivity contribution is 0.0827. The Hall–Kier alpha value is -2.05. The Labute approximate surface area is 149 Å². The molecule has 1 aromatic carbocycles. The van der Waals surface area contributed by atoms with Crippen LogP contribution in [-0.2, 0) is 20.1 Å². The minimum atomic E-state index is 0. The number of carbonyl (C=O) groups is 1. The van der Waals surface area contributed by atoms with E-state index >= 15 is 0 Å². The molecule has 7 heteroatoms. The summed E-state index contributed by atoms with van der Waals surface area (Å²) in [6.07, 6.45) is 0. The molecule has 0 radical (unpaired) electrons. The monoisotopic (exact) mass is 352 g/mol. The molecule has 6 nitrogen and oxygen atoms in total. The molecule has 0 aliphatic carbocycles. The van der Waals surface area contributed by atoms with E-state index < -0.39 is 0 Å². The summed E-state index contributed by atoms with van der Waals surface area (Å²) in [5.74, 6) is 0.794. The number of nitrogens with zero attached hydrogens (tertiary/aromatic N) is 3. The molecule has 1 N–H and O–H groups in total. The Kier molecular flexibility index (Phi) is 7.25. The number of nitrogens with one attached hydrogen (secondary N) is 1. The van der Waals surface area contributed by atoms with Crippen LogP contribution in [0.4, 0.5) is 0 Å². The van der Waals surface area contributed by atoms with Gasteiger partial charge in [0.1, 0.15) is 0 Å². The summed E-state index contributed by atoms with van der Waals surface area (Å²) in [5.41, 5.74) is 3.85. The Balaban J connectivity index is 0.00000288. The number of aromatic nitrogens is 2. The first-order chi connectivity index (χ1) is 10.9. The molecular formula is C17H25ClN4O2. The average molecular weight is 353 g/mol. The smallest absolute Gasteiger partial charge is 0.253 e. The van der Waals surface area contributed by atoms with E-state index in [1.54, 1.807) is 30.8 Å². The summed E-state index contributed by atoms with van der Waals surface area (Å²) in [6.45, 7) is 3.37. The zero-order valence-electron chi connectivity index (χ0n) is 14.8. The van der Waals surface area contributed by atoms with Crippen molar-refractivity contribution in [1.29, 1.82) is 0 Å². The van der Waals surface area contributed by atoms with Gasteiger partial charge in [-0.1, -0.05) is 12.1 Å². The van der Waals surface area contributed by atoms with Crippen molar-refractivity contribution in [3.05, 3.63) is 46.6 Å². The number of halogens is 1. The van der Waals surface area contributed by atoms with Gasteiger partial charge >= 0.3 is 0 Å². The highest BCUT2D eigenvalue weighted by atomic mass is 35.5. The first-order valence-electron chi connectivity index (χ1n) is 7.51. The van der Waals surface area contributed by atoms with Gasteiger partial charge in [-0.3, -0.25) is 4.79 Å². The third-order valence-electron chi connectivity index (χ3n) is 3.72. The molecule has 0 bridgehead atoms. The Bertz CT molecular complexity index is 681. The number of rotatable bonds is 6. The standard InChI is InChI=1S/C17H24N4O2.ClH/c1-12-15(17(23-5)21(4)19-12)11-18-10-13-6-8-14(9-7-13)16(22)20(2)3;/h6-9,18H,10-11H2,1-5H3;1H. The number of methoxy groups -OCH3 is 1. The van der Waals surface area contributed by atoms with Gasteiger partial charge in [0.2, 0.25) is 5.88 Å². The highest BCUT2D eigenvalue weighted by molar-refractivity contribution is 5.93. The lowest BCUT2D eigenvalue weighted by atomic mass is 10.1. The highest BCUT2D eigenvalue weighted by Gasteiger charge is 2.13. The van der Waals surface area contributed by atoms with Crippen molar-refractivity contribution in [2.75, 3.05) is 21.2 Å². The fourth-order valence-corrected chi connectivity index (χ4v) is 2.49. The van der Waals surface area contributed by atoms with Crippen molar-refractivity contribution in [2.24, 2.45) is 7.05 Å². The number of benzene rings is 1. The van der Waals surface area contributed by atoms with Crippen LogP contribution in [0.3, 0.4) is 0 Å². The number of aryl methyl sites for hydroxylation is 2. The lowest BCUT2D eigenvalue weighted by Gasteiger charge is -2.11. The van der Waals surface area contributed by atoms with Gasteiger partial charge in [-0.2, -0.15) is 5.10 Å². The molecule has 24 heavy (non-hydrogen) atoms. The van der Waals surface area contributed by atoms with E-state index in [1.807, 2.05) is 38.2 Å². The molecule has 0 aliphatic rings. The van der Waals surface area contributed by atoms with Crippen molar-refractivity contribution in [2.45, 2.75) is 20.0 Å². The van der Waals surface area contributed by atoms with Crippen LogP contribution in [-0.4, -0.2) is 41.8 Å². The molecule has 0 spiro atoms. The third kappa shape index (κ3) is 4.49. The van der Waals surface area contributed by atoms with Crippen LogP contribution in [0.25, 0.3) is 0 Å². The molecule has 2 aromatic rings. The van der Waals surface area contributed by atoms with Gasteiger partial charge in [0.05, 0.1) is 18.4 Å². The summed E-state index contributed by atoms with van der Waals surface area (Å²) in [6, 6.07) is 7.65. The largest absolute Gasteiger partial charge is 0.481 e. The molecule has 0 aliphatic heterocycles. The molecule has 0 unspecified atom stereocenters. The number of hydrogen-bond acceptors (Lipinski definition) is 4. The van der Waals surface area contributed by atoms with Crippen LogP contribution in [0.5, 0.6) is 5.88 Å². The van der Waals surface area contributed by atoms with Crippen LogP contribution < -0.4 is 10.1 Å². The number of hydrogen-bond donors (Lipinski definition) is 1. The van der Waals surface area contributed by atoms with Crippen LogP contribution in [0.1, 0.15) is 27.2 Å². The lowest BCUT2D eigenvalue weighted by Crippen LogP contribution is -2.21. The number of ether oxygens (including phenoxy) is 1. The highest BCUT2D eigenvalue weighted by Crippen LogP contribution is 2.20. The zero-order valence-corrected chi connectivity index (χ0v) is 15.6. The topological polar surface area (TPSA) is 59.4 Å². The second kappa shape index (κ2) is 8.70. The van der Waals surface area contributed by atoms with Crippen molar-refractivity contribution in [3.8, 4) is 5.88 Å². The van der Waals surface area contributed by atoms with Gasteiger partial charge in [-0.05, 0) is 24.6 Å². The predicted octanol–water partition coefficient (Wildman–Crippen LogP) is 2.15. The van der Waals surface area contributed by atoms with Gasteiger partial charge in [0, 0.05) is 39.8 Å². The quantitative estimate of drug-likeness (QED) is 0.865. The third-order valence-corrected chi connectivity index (χ3v) is 3.72. The van der Waals surface area contributed by atoms with Crippen molar-refractivity contribution < 1.29 is 9.53 Å². The van der Waals surface area contributed by atoms with E-state index in [0.29, 0.717) is 18.7 Å². The zero-order chi connectivity index (χ0) is 17.0. The van der Waals surface area contributed by atoms with Crippen molar-refractivity contribution >= 4 is 18.3 Å². The maximum atomic E-state index is 11.9. The first kappa shape index (κ1) is 20.0. The first-order valence-corrected chi connectivity index (χ1v) is 7.51. The van der Waals surface area contributed by atoms with E-state index in [1.165, 1.54) is 0 Å². The molecule has 2 rings (SSSR count). The van der Waals surface area contributed by atoms with E-state index in [-0.39, 0.29) is 18.3 Å². The molecule has 0 saturated heterocycles. The summed E-state index contributed by atoms with van der Waals surface area (Å²) in [7, 11) is 7.03. The Morgan fingerprint density at radius 3 is 2.42 bits per heavy atom. The molecular weight excluding hydrogens is 328 g/mol. The van der Waals surface area contributed by atoms with Gasteiger partial charge < -0.3 is 15.0 Å². The fourth-order valence-electron chi connectivity index (χ4n) is 2.49. The molecule has 0 atom stereocenters. The SMILES string of the molecule is COc1c(CNCc2ccc(C(=O)N(C)C)cc2)c(C)nn1C.Cl. The maximum Gasteiger partial charge on any atom is 0.253 e. The maximum absolute atomic E-state index is 11.9. The average Bonchev–Trinajstić information content (AvgIpc) is 2.80. The van der Waals surface area contributed by atoms with Crippen LogP contribution >= 0.6 is 12.4 Å². The van der Waals surface area contributed by atoms with Crippen LogP contribution in [0.2, 0.25) is 0 Å². The van der Waals surface area contributed by atoms with Gasteiger partial charge in [0.15, 0.2) is 0 Å². The molecule has 0 fully saturated rings. The van der Waals surface area contributed by atoms with Gasteiger partial charge in [0.25, 0.3) is 5.91 Å². The minimum Gasteiger partial charge on any atom is -0.481 e. The number of amides is 1. The van der Waals surface area contributed by atoms with E-state index in [9.17, 15) is 4.79 Å². The molecule has 1 amide bonds. The van der Waals surface area contributed by atoms with Gasteiger partial charge in [-0.25, -0.2) is 4.68 Å². The van der Waals surface area contributed by atoms with Crippen LogP contribution in [0, 0.1) is 6.92 Å². The fraction of sp³-hybridized carbons (Fsp3) is 0.412. The van der Waals surface area contributed by atoms with E-state index in [2.05, 4.69) is 10.4 Å². The predicted molar refractivity (Wildman–Crippen MR) is 96.7 cm³/mol. The molecule has 132 valence electrons. The molecule has 1 aromatic heterocycles. The summed E-state index contributed by atoms with van der Waals surface area (Å²) >= 11 is 0. The summed E-state index contributed by atoms with van der Waals surface area (Å²) in [4.78, 5) is 13.4. The molecule has 1 heterocycles. The summed E-state index contributed by atoms with van der Waals surface area (Å²) < 4.78 is 7.13. The van der Waals surface area contributed by atoms with E-state index in [4.69, 9.17) is 4.74 Å². The Morgan fingerprint density at radius 2 is 1.88 bits per heavy atom. The minimum absolute atomic E-state index is 0. The Morgan fingerprint density at radius 1 is 1.25 bits per heavy atom. The van der Waals surface area contributed by atoms with Gasteiger partial charge in [-0.15, -0.1) is 12.4 Å². The normalized spacial score (nSPS) is 10.2. The summed E-state index contributed by atoms with van der Waals surface area (Å²) in [5, 5.41) is 7.75.